The lowest BCUT2D eigenvalue weighted by Crippen LogP contribution is -2.39. The molecule has 0 aliphatic carbocycles. The number of anilines is 1. The Morgan fingerprint density at radius 1 is 1.38 bits per heavy atom. The van der Waals surface area contributed by atoms with Crippen molar-refractivity contribution in [1.82, 2.24) is 9.88 Å². The van der Waals surface area contributed by atoms with Gasteiger partial charge in [-0.1, -0.05) is 33.6 Å². The van der Waals surface area contributed by atoms with Crippen LogP contribution < -0.4 is 5.32 Å². The number of carbonyl (C=O) groups is 2. The molecule has 1 rings (SSSR count). The van der Waals surface area contributed by atoms with Gasteiger partial charge in [-0.25, -0.2) is 4.98 Å². The molecule has 0 bridgehead atoms. The van der Waals surface area contributed by atoms with Gasteiger partial charge in [0.15, 0.2) is 5.13 Å². The molecule has 1 aromatic heterocycles. The molecule has 0 unspecified atom stereocenters. The fourth-order valence-corrected chi connectivity index (χ4v) is 2.49. The molecule has 0 atom stereocenters. The smallest absolute Gasteiger partial charge is 0.245 e. The van der Waals surface area contributed by atoms with Crippen LogP contribution in [0.1, 0.15) is 46.5 Å². The maximum atomic E-state index is 12.2. The van der Waals surface area contributed by atoms with Crippen LogP contribution in [0.25, 0.3) is 0 Å². The Morgan fingerprint density at radius 3 is 2.71 bits per heavy atom. The molecule has 0 saturated carbocycles. The SMILES string of the molecule is CCCCCN(CC(=O)Nc1nccs1)C(=O)CC(C)C. The quantitative estimate of drug-likeness (QED) is 0.713. The largest absolute Gasteiger partial charge is 0.333 e. The summed E-state index contributed by atoms with van der Waals surface area (Å²) in [5, 5.41) is 5.10. The maximum Gasteiger partial charge on any atom is 0.245 e. The Balaban J connectivity index is 2.53. The van der Waals surface area contributed by atoms with E-state index < -0.39 is 0 Å². The van der Waals surface area contributed by atoms with Crippen molar-refractivity contribution in [3.63, 3.8) is 0 Å². The number of hydrogen-bond donors (Lipinski definition) is 1. The minimum Gasteiger partial charge on any atom is -0.333 e. The van der Waals surface area contributed by atoms with Gasteiger partial charge in [0.05, 0.1) is 6.54 Å². The summed E-state index contributed by atoms with van der Waals surface area (Å²) in [5.74, 6) is 0.169. The van der Waals surface area contributed by atoms with Crippen molar-refractivity contribution in [1.29, 1.82) is 0 Å². The van der Waals surface area contributed by atoms with Crippen LogP contribution in [0, 0.1) is 5.92 Å². The number of hydrogen-bond acceptors (Lipinski definition) is 4. The Bertz CT molecular complexity index is 432. The second-order valence-electron chi connectivity index (χ2n) is 5.51. The highest BCUT2D eigenvalue weighted by Crippen LogP contribution is 2.11. The molecule has 118 valence electrons. The van der Waals surface area contributed by atoms with Crippen molar-refractivity contribution in [2.75, 3.05) is 18.4 Å². The molecule has 6 heteroatoms. The first-order chi connectivity index (χ1) is 10.0. The predicted molar refractivity (Wildman–Crippen MR) is 86.3 cm³/mol. The second kappa shape index (κ2) is 9.50. The van der Waals surface area contributed by atoms with Crippen molar-refractivity contribution < 1.29 is 9.59 Å². The van der Waals surface area contributed by atoms with E-state index in [0.29, 0.717) is 24.0 Å². The first-order valence-electron chi connectivity index (χ1n) is 7.50. The Morgan fingerprint density at radius 2 is 2.14 bits per heavy atom. The Labute approximate surface area is 130 Å². The third-order valence-electron chi connectivity index (χ3n) is 2.98. The van der Waals surface area contributed by atoms with Gasteiger partial charge < -0.3 is 10.2 Å². The highest BCUT2D eigenvalue weighted by Gasteiger charge is 2.18. The predicted octanol–water partition coefficient (Wildman–Crippen LogP) is 3.15. The van der Waals surface area contributed by atoms with E-state index in [1.165, 1.54) is 11.3 Å². The minimum absolute atomic E-state index is 0.0513. The molecule has 5 nitrogen and oxygen atoms in total. The van der Waals surface area contributed by atoms with Crippen LogP contribution in [0.4, 0.5) is 5.13 Å². The highest BCUT2D eigenvalue weighted by molar-refractivity contribution is 7.13. The number of aromatic nitrogens is 1. The first kappa shape index (κ1) is 17.6. The summed E-state index contributed by atoms with van der Waals surface area (Å²) in [4.78, 5) is 29.9. The van der Waals surface area contributed by atoms with Gasteiger partial charge in [-0.15, -0.1) is 11.3 Å². The van der Waals surface area contributed by atoms with E-state index in [4.69, 9.17) is 0 Å². The molecule has 0 spiro atoms. The molecule has 21 heavy (non-hydrogen) atoms. The lowest BCUT2D eigenvalue weighted by atomic mass is 10.1. The number of amides is 2. The van der Waals surface area contributed by atoms with E-state index in [1.807, 2.05) is 13.8 Å². The van der Waals surface area contributed by atoms with Gasteiger partial charge in [-0.3, -0.25) is 9.59 Å². The Hall–Kier alpha value is -1.43. The van der Waals surface area contributed by atoms with E-state index in [9.17, 15) is 9.59 Å². The fourth-order valence-electron chi connectivity index (χ4n) is 1.94. The van der Waals surface area contributed by atoms with E-state index in [-0.39, 0.29) is 18.4 Å². The van der Waals surface area contributed by atoms with E-state index in [0.717, 1.165) is 19.3 Å². The monoisotopic (exact) mass is 311 g/mol. The summed E-state index contributed by atoms with van der Waals surface area (Å²) in [6, 6.07) is 0. The van der Waals surface area contributed by atoms with Gasteiger partial charge in [0.1, 0.15) is 0 Å². The van der Waals surface area contributed by atoms with Crippen LogP contribution in [-0.2, 0) is 9.59 Å². The van der Waals surface area contributed by atoms with Crippen molar-refractivity contribution in [2.24, 2.45) is 5.92 Å². The van der Waals surface area contributed by atoms with Crippen molar-refractivity contribution in [3.8, 4) is 0 Å². The number of carbonyl (C=O) groups excluding carboxylic acids is 2. The molecule has 1 N–H and O–H groups in total. The molecule has 0 aliphatic rings. The lowest BCUT2D eigenvalue weighted by Gasteiger charge is -2.23. The van der Waals surface area contributed by atoms with Crippen molar-refractivity contribution >= 4 is 28.3 Å². The molecular weight excluding hydrogens is 286 g/mol. The molecule has 1 aromatic rings. The summed E-state index contributed by atoms with van der Waals surface area (Å²) in [7, 11) is 0. The molecule has 0 saturated heterocycles. The number of rotatable bonds is 9. The fraction of sp³-hybridized carbons (Fsp3) is 0.667. The van der Waals surface area contributed by atoms with Crippen LogP contribution in [0.2, 0.25) is 0 Å². The van der Waals surface area contributed by atoms with Crippen LogP contribution in [-0.4, -0.2) is 34.8 Å². The minimum atomic E-state index is -0.182. The molecule has 2 amide bonds. The molecule has 0 aromatic carbocycles. The zero-order valence-electron chi connectivity index (χ0n) is 13.1. The summed E-state index contributed by atoms with van der Waals surface area (Å²) >= 11 is 1.37. The van der Waals surface area contributed by atoms with Crippen LogP contribution in [0.3, 0.4) is 0 Å². The highest BCUT2D eigenvalue weighted by atomic mass is 32.1. The van der Waals surface area contributed by atoms with Gasteiger partial charge in [0, 0.05) is 24.5 Å². The van der Waals surface area contributed by atoms with Gasteiger partial charge in [0.2, 0.25) is 11.8 Å². The average molecular weight is 311 g/mol. The molecule has 0 radical (unpaired) electrons. The van der Waals surface area contributed by atoms with Crippen molar-refractivity contribution in [3.05, 3.63) is 11.6 Å². The number of thiazole rings is 1. The normalized spacial score (nSPS) is 10.7. The van der Waals surface area contributed by atoms with Gasteiger partial charge in [0.25, 0.3) is 0 Å². The number of nitrogens with one attached hydrogen (secondary N) is 1. The van der Waals surface area contributed by atoms with Gasteiger partial charge >= 0.3 is 0 Å². The molecule has 0 fully saturated rings. The summed E-state index contributed by atoms with van der Waals surface area (Å²) < 4.78 is 0. The third kappa shape index (κ3) is 7.22. The topological polar surface area (TPSA) is 62.3 Å². The summed E-state index contributed by atoms with van der Waals surface area (Å²) in [6.07, 6.45) is 5.22. The second-order valence-corrected chi connectivity index (χ2v) is 6.40. The summed E-state index contributed by atoms with van der Waals surface area (Å²) in [5.41, 5.74) is 0. The molecular formula is C15H25N3O2S. The van der Waals surface area contributed by atoms with E-state index in [2.05, 4.69) is 17.2 Å². The van der Waals surface area contributed by atoms with Gasteiger partial charge in [-0.2, -0.15) is 0 Å². The zero-order chi connectivity index (χ0) is 15.7. The molecule has 1 heterocycles. The standard InChI is InChI=1S/C15H25N3O2S/c1-4-5-6-8-18(14(20)10-12(2)3)11-13(19)17-15-16-7-9-21-15/h7,9,12H,4-6,8,10-11H2,1-3H3,(H,16,17,19). The van der Waals surface area contributed by atoms with Crippen LogP contribution in [0.5, 0.6) is 0 Å². The maximum absolute atomic E-state index is 12.2. The van der Waals surface area contributed by atoms with Crippen molar-refractivity contribution in [2.45, 2.75) is 46.5 Å². The lowest BCUT2D eigenvalue weighted by molar-refractivity contribution is -0.135. The zero-order valence-corrected chi connectivity index (χ0v) is 13.9. The summed E-state index contributed by atoms with van der Waals surface area (Å²) in [6.45, 7) is 6.89. The average Bonchev–Trinajstić information content (AvgIpc) is 2.89. The third-order valence-corrected chi connectivity index (χ3v) is 3.67. The Kier molecular flexibility index (Phi) is 7.97. The van der Waals surface area contributed by atoms with Crippen LogP contribution >= 0.6 is 11.3 Å². The van der Waals surface area contributed by atoms with Gasteiger partial charge in [-0.05, 0) is 12.3 Å². The van der Waals surface area contributed by atoms with E-state index in [1.54, 1.807) is 16.5 Å². The molecule has 0 aliphatic heterocycles. The first-order valence-corrected chi connectivity index (χ1v) is 8.38. The number of unbranched alkanes of at least 4 members (excludes halogenated alkanes) is 2. The van der Waals surface area contributed by atoms with E-state index >= 15 is 0 Å². The number of nitrogens with zero attached hydrogens (tertiary/aromatic N) is 2. The van der Waals surface area contributed by atoms with Crippen LogP contribution in [0.15, 0.2) is 11.6 Å².